The summed E-state index contributed by atoms with van der Waals surface area (Å²) >= 11 is 5.98. The molecule has 1 N–H and O–H groups in total. The Morgan fingerprint density at radius 3 is 2.90 bits per heavy atom. The van der Waals surface area contributed by atoms with E-state index in [9.17, 15) is 0 Å². The molecule has 0 aromatic carbocycles. The van der Waals surface area contributed by atoms with Crippen LogP contribution in [0.1, 0.15) is 30.1 Å². The lowest BCUT2D eigenvalue weighted by molar-refractivity contribution is 0.286. The van der Waals surface area contributed by atoms with Crippen molar-refractivity contribution in [3.05, 3.63) is 40.7 Å². The van der Waals surface area contributed by atoms with Gasteiger partial charge in [-0.05, 0) is 31.9 Å². The highest BCUT2D eigenvalue weighted by atomic mass is 35.5. The number of imidazole rings is 1. The summed E-state index contributed by atoms with van der Waals surface area (Å²) < 4.78 is 7.69. The molecule has 6 heteroatoms. The molecule has 5 nitrogen and oxygen atoms in total. The number of aryl methyl sites for hydroxylation is 1. The number of ether oxygens (including phenoxy) is 1. The van der Waals surface area contributed by atoms with E-state index >= 15 is 0 Å². The Morgan fingerprint density at radius 1 is 1.43 bits per heavy atom. The molecule has 0 saturated heterocycles. The largest absolute Gasteiger partial charge is 0.484 e. The van der Waals surface area contributed by atoms with E-state index in [4.69, 9.17) is 16.3 Å². The minimum absolute atomic E-state index is 0.379. The molecule has 1 aliphatic rings. The minimum atomic E-state index is 0.379. The molecule has 0 amide bonds. The lowest BCUT2D eigenvalue weighted by Crippen LogP contribution is -2.17. The van der Waals surface area contributed by atoms with E-state index in [0.717, 1.165) is 29.5 Å². The van der Waals surface area contributed by atoms with Gasteiger partial charge < -0.3 is 14.6 Å². The number of nitrogens with zero attached hydrogens (tertiary/aromatic N) is 3. The van der Waals surface area contributed by atoms with E-state index in [-0.39, 0.29) is 0 Å². The van der Waals surface area contributed by atoms with Crippen molar-refractivity contribution < 1.29 is 4.74 Å². The van der Waals surface area contributed by atoms with Crippen molar-refractivity contribution in [2.24, 2.45) is 7.05 Å². The van der Waals surface area contributed by atoms with Crippen LogP contribution >= 0.6 is 11.6 Å². The standard InChI is InChI=1S/C15H19ClN4O/c1-10-3-6-13(12(19-10)7-17-11-4-5-11)21-9-15-18-8-14(16)20(15)2/h3,6,8,11,17H,4-5,7,9H2,1-2H3. The monoisotopic (exact) mass is 306 g/mol. The maximum Gasteiger partial charge on any atom is 0.147 e. The van der Waals surface area contributed by atoms with Crippen molar-refractivity contribution >= 4 is 11.6 Å². The van der Waals surface area contributed by atoms with Crippen molar-refractivity contribution in [3.8, 4) is 5.75 Å². The average Bonchev–Trinajstić information content (AvgIpc) is 3.24. The van der Waals surface area contributed by atoms with Crippen LogP contribution in [-0.2, 0) is 20.2 Å². The molecule has 1 aliphatic carbocycles. The highest BCUT2D eigenvalue weighted by Crippen LogP contribution is 2.22. The number of aromatic nitrogens is 3. The van der Waals surface area contributed by atoms with Gasteiger partial charge in [-0.25, -0.2) is 4.98 Å². The van der Waals surface area contributed by atoms with Gasteiger partial charge in [0.2, 0.25) is 0 Å². The average molecular weight is 307 g/mol. The van der Waals surface area contributed by atoms with Crippen molar-refractivity contribution in [2.45, 2.75) is 39.0 Å². The predicted molar refractivity (Wildman–Crippen MR) is 81.4 cm³/mol. The molecule has 2 aromatic heterocycles. The maximum absolute atomic E-state index is 5.98. The molecule has 2 aromatic rings. The van der Waals surface area contributed by atoms with E-state index in [0.29, 0.717) is 17.8 Å². The van der Waals surface area contributed by atoms with Crippen molar-refractivity contribution in [2.75, 3.05) is 0 Å². The van der Waals surface area contributed by atoms with Gasteiger partial charge in [-0.3, -0.25) is 4.98 Å². The minimum Gasteiger partial charge on any atom is -0.484 e. The van der Waals surface area contributed by atoms with Crippen LogP contribution in [0.4, 0.5) is 0 Å². The van der Waals surface area contributed by atoms with Crippen molar-refractivity contribution in [1.29, 1.82) is 0 Å². The summed E-state index contributed by atoms with van der Waals surface area (Å²) in [5.41, 5.74) is 1.94. The third-order valence-corrected chi connectivity index (χ3v) is 3.94. The van der Waals surface area contributed by atoms with E-state index in [1.54, 1.807) is 6.20 Å². The Balaban J connectivity index is 1.69. The third kappa shape index (κ3) is 3.54. The lowest BCUT2D eigenvalue weighted by atomic mass is 10.3. The van der Waals surface area contributed by atoms with E-state index in [2.05, 4.69) is 15.3 Å². The van der Waals surface area contributed by atoms with Crippen LogP contribution in [0.25, 0.3) is 0 Å². The van der Waals surface area contributed by atoms with Crippen LogP contribution in [0.2, 0.25) is 5.15 Å². The molecule has 2 heterocycles. The van der Waals surface area contributed by atoms with Gasteiger partial charge in [-0.15, -0.1) is 0 Å². The van der Waals surface area contributed by atoms with Crippen LogP contribution in [0.5, 0.6) is 5.75 Å². The van der Waals surface area contributed by atoms with Gasteiger partial charge >= 0.3 is 0 Å². The fraction of sp³-hybridized carbons (Fsp3) is 0.467. The molecule has 0 bridgehead atoms. The highest BCUT2D eigenvalue weighted by Gasteiger charge is 2.21. The highest BCUT2D eigenvalue weighted by molar-refractivity contribution is 6.29. The van der Waals surface area contributed by atoms with Crippen LogP contribution in [0.15, 0.2) is 18.3 Å². The van der Waals surface area contributed by atoms with Gasteiger partial charge in [-0.2, -0.15) is 0 Å². The Kier molecular flexibility index (Phi) is 4.12. The molecular formula is C15H19ClN4O. The third-order valence-electron chi connectivity index (χ3n) is 3.59. The number of nitrogens with one attached hydrogen (secondary N) is 1. The summed E-state index contributed by atoms with van der Waals surface area (Å²) in [5, 5.41) is 4.07. The molecule has 1 saturated carbocycles. The summed E-state index contributed by atoms with van der Waals surface area (Å²) in [6, 6.07) is 4.58. The lowest BCUT2D eigenvalue weighted by Gasteiger charge is -2.12. The predicted octanol–water partition coefficient (Wildman–Crippen LogP) is 2.61. The first kappa shape index (κ1) is 14.4. The Hall–Kier alpha value is -1.59. The van der Waals surface area contributed by atoms with Crippen molar-refractivity contribution in [3.63, 3.8) is 0 Å². The first-order valence-corrected chi connectivity index (χ1v) is 7.50. The number of rotatable bonds is 6. The van der Waals surface area contributed by atoms with Gasteiger partial charge in [0, 0.05) is 25.3 Å². The number of halogens is 1. The second-order valence-corrected chi connectivity index (χ2v) is 5.78. The fourth-order valence-corrected chi connectivity index (χ4v) is 2.23. The number of pyridine rings is 1. The summed E-state index contributed by atoms with van der Waals surface area (Å²) in [6.45, 7) is 3.11. The normalized spacial score (nSPS) is 14.4. The molecular weight excluding hydrogens is 288 g/mol. The van der Waals surface area contributed by atoms with E-state index in [1.165, 1.54) is 12.8 Å². The van der Waals surface area contributed by atoms with Crippen LogP contribution in [-0.4, -0.2) is 20.6 Å². The van der Waals surface area contributed by atoms with Crippen LogP contribution < -0.4 is 10.1 Å². The van der Waals surface area contributed by atoms with Gasteiger partial charge in [0.25, 0.3) is 0 Å². The second kappa shape index (κ2) is 6.03. The van der Waals surface area contributed by atoms with E-state index in [1.807, 2.05) is 30.7 Å². The van der Waals surface area contributed by atoms with Gasteiger partial charge in [-0.1, -0.05) is 11.6 Å². The second-order valence-electron chi connectivity index (χ2n) is 5.40. The summed E-state index contributed by atoms with van der Waals surface area (Å²) in [4.78, 5) is 8.80. The zero-order chi connectivity index (χ0) is 14.8. The molecule has 3 rings (SSSR count). The quantitative estimate of drug-likeness (QED) is 0.891. The molecule has 0 atom stereocenters. The topological polar surface area (TPSA) is 52.0 Å². The Morgan fingerprint density at radius 2 is 2.24 bits per heavy atom. The molecule has 0 unspecified atom stereocenters. The Bertz CT molecular complexity index is 637. The summed E-state index contributed by atoms with van der Waals surface area (Å²) in [7, 11) is 1.87. The van der Waals surface area contributed by atoms with Gasteiger partial charge in [0.15, 0.2) is 0 Å². The smallest absolute Gasteiger partial charge is 0.147 e. The van der Waals surface area contributed by atoms with Crippen molar-refractivity contribution in [1.82, 2.24) is 19.9 Å². The molecule has 0 spiro atoms. The number of hydrogen-bond acceptors (Lipinski definition) is 4. The van der Waals surface area contributed by atoms with Gasteiger partial charge in [0.1, 0.15) is 23.3 Å². The summed E-state index contributed by atoms with van der Waals surface area (Å²) in [6.07, 6.45) is 4.14. The van der Waals surface area contributed by atoms with Crippen LogP contribution in [0, 0.1) is 6.92 Å². The molecule has 21 heavy (non-hydrogen) atoms. The SMILES string of the molecule is Cc1ccc(OCc2ncc(Cl)n2C)c(CNC2CC2)n1. The Labute approximate surface area is 129 Å². The first-order chi connectivity index (χ1) is 10.1. The molecule has 112 valence electrons. The zero-order valence-electron chi connectivity index (χ0n) is 12.3. The van der Waals surface area contributed by atoms with Crippen LogP contribution in [0.3, 0.4) is 0 Å². The van der Waals surface area contributed by atoms with E-state index < -0.39 is 0 Å². The van der Waals surface area contributed by atoms with Gasteiger partial charge in [0.05, 0.1) is 11.9 Å². The molecule has 1 fully saturated rings. The zero-order valence-corrected chi connectivity index (χ0v) is 13.0. The first-order valence-electron chi connectivity index (χ1n) is 7.12. The number of hydrogen-bond donors (Lipinski definition) is 1. The maximum atomic E-state index is 5.98. The molecule has 0 aliphatic heterocycles. The fourth-order valence-electron chi connectivity index (χ4n) is 2.08. The summed E-state index contributed by atoms with van der Waals surface area (Å²) in [5.74, 6) is 1.59. The molecule has 0 radical (unpaired) electrons.